The average Bonchev–Trinajstić information content (AvgIpc) is 3.24. The van der Waals surface area contributed by atoms with E-state index in [1.165, 1.54) is 23.0 Å². The van der Waals surface area contributed by atoms with Gasteiger partial charge in [-0.2, -0.15) is 0 Å². The maximum absolute atomic E-state index is 14.5. The van der Waals surface area contributed by atoms with Gasteiger partial charge in [0, 0.05) is 24.0 Å². The molecule has 0 radical (unpaired) electrons. The van der Waals surface area contributed by atoms with E-state index in [-0.39, 0.29) is 11.4 Å². The molecule has 4 rings (SSSR count). The number of allylic oxidation sites excluding steroid dienone is 1. The van der Waals surface area contributed by atoms with Crippen molar-refractivity contribution in [3.63, 3.8) is 0 Å². The number of aromatic nitrogens is 4. The van der Waals surface area contributed by atoms with Crippen molar-refractivity contribution in [3.05, 3.63) is 61.3 Å². The maximum atomic E-state index is 14.5. The molecule has 0 atom stereocenters. The van der Waals surface area contributed by atoms with Crippen molar-refractivity contribution in [2.45, 2.75) is 12.8 Å². The Labute approximate surface area is 156 Å². The number of aromatic hydroxyl groups is 1. The van der Waals surface area contributed by atoms with Gasteiger partial charge in [0.05, 0.1) is 35.8 Å². The summed E-state index contributed by atoms with van der Waals surface area (Å²) in [5.41, 5.74) is 2.63. The Morgan fingerprint density at radius 1 is 1.22 bits per heavy atom. The van der Waals surface area contributed by atoms with Crippen molar-refractivity contribution >= 4 is 5.57 Å². The fourth-order valence-electron chi connectivity index (χ4n) is 3.37. The number of rotatable bonds is 4. The molecule has 0 spiro atoms. The number of nitrogens with one attached hydrogen (secondary N) is 1. The number of hydrogen-bond acceptors (Lipinski definition) is 5. The summed E-state index contributed by atoms with van der Waals surface area (Å²) in [6.45, 7) is 6.13. The van der Waals surface area contributed by atoms with E-state index >= 15 is 0 Å². The Morgan fingerprint density at radius 3 is 2.70 bits per heavy atom. The SMILES string of the molecule is C=C(c1cnc(-c2cc(F)c(-n3ccnc3)cc2O)cn1)C1CCNCC1. The van der Waals surface area contributed by atoms with Crippen LogP contribution in [0.1, 0.15) is 18.5 Å². The Bertz CT molecular complexity index is 947. The molecule has 2 aromatic heterocycles. The molecule has 7 heteroatoms. The topological polar surface area (TPSA) is 75.9 Å². The van der Waals surface area contributed by atoms with Gasteiger partial charge in [-0.3, -0.25) is 9.97 Å². The minimum Gasteiger partial charge on any atom is -0.507 e. The van der Waals surface area contributed by atoms with E-state index in [1.807, 2.05) is 0 Å². The highest BCUT2D eigenvalue weighted by atomic mass is 19.1. The normalized spacial score (nSPS) is 15.0. The standard InChI is InChI=1S/C20H20FN5O/c1-13(14-2-4-22-5-3-14)17-10-25-18(11-24-17)15-8-16(21)19(9-20(15)27)26-7-6-23-12-26/h6-12,14,22,27H,1-5H2. The lowest BCUT2D eigenvalue weighted by atomic mass is 9.89. The Hall–Kier alpha value is -3.06. The molecule has 6 nitrogen and oxygen atoms in total. The van der Waals surface area contributed by atoms with Gasteiger partial charge in [0.1, 0.15) is 11.6 Å². The number of halogens is 1. The first kappa shape index (κ1) is 17.4. The molecule has 0 saturated carbocycles. The quantitative estimate of drug-likeness (QED) is 0.743. The number of piperidine rings is 1. The summed E-state index contributed by atoms with van der Waals surface area (Å²) in [6.07, 6.45) is 9.88. The fraction of sp³-hybridized carbons (Fsp3) is 0.250. The molecule has 3 heterocycles. The van der Waals surface area contributed by atoms with Crippen molar-refractivity contribution in [3.8, 4) is 22.7 Å². The van der Waals surface area contributed by atoms with E-state index < -0.39 is 5.82 Å². The van der Waals surface area contributed by atoms with Crippen molar-refractivity contribution < 1.29 is 9.50 Å². The first-order valence-corrected chi connectivity index (χ1v) is 8.86. The fourth-order valence-corrected chi connectivity index (χ4v) is 3.37. The van der Waals surface area contributed by atoms with Crippen LogP contribution in [0.15, 0.2) is 49.8 Å². The van der Waals surface area contributed by atoms with Crippen LogP contribution in [-0.4, -0.2) is 37.7 Å². The molecule has 1 fully saturated rings. The van der Waals surface area contributed by atoms with Gasteiger partial charge in [-0.15, -0.1) is 0 Å². The Balaban J connectivity index is 1.60. The van der Waals surface area contributed by atoms with Crippen molar-refractivity contribution in [1.82, 2.24) is 24.8 Å². The van der Waals surface area contributed by atoms with Gasteiger partial charge in [-0.05, 0) is 43.5 Å². The largest absolute Gasteiger partial charge is 0.507 e. The van der Waals surface area contributed by atoms with Gasteiger partial charge in [-0.25, -0.2) is 9.37 Å². The summed E-state index contributed by atoms with van der Waals surface area (Å²) in [6, 6.07) is 2.62. The van der Waals surface area contributed by atoms with Crippen LogP contribution in [0.2, 0.25) is 0 Å². The maximum Gasteiger partial charge on any atom is 0.148 e. The van der Waals surface area contributed by atoms with E-state index in [0.717, 1.165) is 37.2 Å². The number of nitrogens with zero attached hydrogens (tertiary/aromatic N) is 4. The Kier molecular flexibility index (Phi) is 4.68. The molecule has 0 bridgehead atoms. The van der Waals surface area contributed by atoms with E-state index in [9.17, 15) is 9.50 Å². The van der Waals surface area contributed by atoms with E-state index in [2.05, 4.69) is 26.8 Å². The minimum absolute atomic E-state index is 0.0701. The zero-order valence-electron chi connectivity index (χ0n) is 14.8. The van der Waals surface area contributed by atoms with Gasteiger partial charge in [-0.1, -0.05) is 6.58 Å². The summed E-state index contributed by atoms with van der Waals surface area (Å²) in [4.78, 5) is 12.7. The number of benzene rings is 1. The van der Waals surface area contributed by atoms with E-state index in [0.29, 0.717) is 17.2 Å². The Morgan fingerprint density at radius 2 is 2.04 bits per heavy atom. The molecule has 1 saturated heterocycles. The van der Waals surface area contributed by atoms with Gasteiger partial charge >= 0.3 is 0 Å². The summed E-state index contributed by atoms with van der Waals surface area (Å²) in [5, 5.41) is 13.7. The van der Waals surface area contributed by atoms with Crippen LogP contribution in [0.4, 0.5) is 4.39 Å². The van der Waals surface area contributed by atoms with Crippen molar-refractivity contribution in [2.24, 2.45) is 5.92 Å². The smallest absolute Gasteiger partial charge is 0.148 e. The lowest BCUT2D eigenvalue weighted by Gasteiger charge is -2.24. The van der Waals surface area contributed by atoms with Gasteiger partial charge in [0.2, 0.25) is 0 Å². The summed E-state index contributed by atoms with van der Waals surface area (Å²) < 4.78 is 16.0. The third-order valence-corrected chi connectivity index (χ3v) is 4.94. The van der Waals surface area contributed by atoms with Crippen LogP contribution in [-0.2, 0) is 0 Å². The molecular formula is C20H20FN5O. The monoisotopic (exact) mass is 365 g/mol. The molecule has 0 amide bonds. The number of phenols is 1. The highest BCUT2D eigenvalue weighted by Gasteiger charge is 2.19. The second-order valence-electron chi connectivity index (χ2n) is 6.63. The van der Waals surface area contributed by atoms with Crippen LogP contribution in [0.25, 0.3) is 22.5 Å². The molecule has 1 aromatic carbocycles. The number of imidazole rings is 1. The summed E-state index contributed by atoms with van der Waals surface area (Å²) >= 11 is 0. The highest BCUT2D eigenvalue weighted by Crippen LogP contribution is 2.32. The molecule has 1 aliphatic heterocycles. The first-order valence-electron chi connectivity index (χ1n) is 8.86. The van der Waals surface area contributed by atoms with Gasteiger partial charge < -0.3 is 15.0 Å². The first-order chi connectivity index (χ1) is 13.1. The molecule has 0 aliphatic carbocycles. The van der Waals surface area contributed by atoms with Crippen LogP contribution in [0, 0.1) is 11.7 Å². The third-order valence-electron chi connectivity index (χ3n) is 4.94. The van der Waals surface area contributed by atoms with Crippen molar-refractivity contribution in [1.29, 1.82) is 0 Å². The lowest BCUT2D eigenvalue weighted by Crippen LogP contribution is -2.28. The highest BCUT2D eigenvalue weighted by molar-refractivity contribution is 5.70. The second-order valence-corrected chi connectivity index (χ2v) is 6.63. The number of phenolic OH excluding ortho intramolecular Hbond substituents is 1. The second kappa shape index (κ2) is 7.28. The van der Waals surface area contributed by atoms with E-state index in [4.69, 9.17) is 0 Å². The molecule has 2 N–H and O–H groups in total. The predicted molar refractivity (Wildman–Crippen MR) is 101 cm³/mol. The summed E-state index contributed by atoms with van der Waals surface area (Å²) in [5.74, 6) is -0.156. The lowest BCUT2D eigenvalue weighted by molar-refractivity contribution is 0.446. The molecular weight excluding hydrogens is 345 g/mol. The zero-order chi connectivity index (χ0) is 18.8. The molecule has 27 heavy (non-hydrogen) atoms. The molecule has 138 valence electrons. The third kappa shape index (κ3) is 3.46. The predicted octanol–water partition coefficient (Wildman–Crippen LogP) is 3.19. The van der Waals surface area contributed by atoms with Crippen LogP contribution in [0.3, 0.4) is 0 Å². The zero-order valence-corrected chi connectivity index (χ0v) is 14.8. The summed E-state index contributed by atoms with van der Waals surface area (Å²) in [7, 11) is 0. The van der Waals surface area contributed by atoms with Gasteiger partial charge in [0.25, 0.3) is 0 Å². The van der Waals surface area contributed by atoms with Crippen molar-refractivity contribution in [2.75, 3.05) is 13.1 Å². The molecule has 0 unspecified atom stereocenters. The van der Waals surface area contributed by atoms with Crippen LogP contribution >= 0.6 is 0 Å². The van der Waals surface area contributed by atoms with Gasteiger partial charge in [0.15, 0.2) is 0 Å². The van der Waals surface area contributed by atoms with E-state index in [1.54, 1.807) is 24.8 Å². The van der Waals surface area contributed by atoms with Crippen LogP contribution < -0.4 is 5.32 Å². The van der Waals surface area contributed by atoms with Crippen LogP contribution in [0.5, 0.6) is 5.75 Å². The molecule has 3 aromatic rings. The number of hydrogen-bond donors (Lipinski definition) is 2. The minimum atomic E-state index is -0.481. The average molecular weight is 365 g/mol. The molecule has 1 aliphatic rings.